The van der Waals surface area contributed by atoms with Crippen LogP contribution in [0.25, 0.3) is 0 Å². The second-order valence-electron chi connectivity index (χ2n) is 6.20. The molecule has 1 saturated heterocycles. The van der Waals surface area contributed by atoms with Crippen LogP contribution < -0.4 is 5.32 Å². The van der Waals surface area contributed by atoms with Gasteiger partial charge in [0.1, 0.15) is 0 Å². The second kappa shape index (κ2) is 7.30. The topological polar surface area (TPSA) is 49.4 Å². The van der Waals surface area contributed by atoms with Gasteiger partial charge in [0.05, 0.1) is 12.0 Å². The number of benzene rings is 2. The fourth-order valence-corrected chi connectivity index (χ4v) is 3.32. The summed E-state index contributed by atoms with van der Waals surface area (Å²) in [5.41, 5.74) is 2.20. The molecule has 0 spiro atoms. The van der Waals surface area contributed by atoms with Crippen LogP contribution in [0, 0.1) is 5.92 Å². The van der Waals surface area contributed by atoms with Gasteiger partial charge in [-0.15, -0.1) is 0 Å². The van der Waals surface area contributed by atoms with Crippen LogP contribution in [0.5, 0.6) is 0 Å². The lowest BCUT2D eigenvalue weighted by Gasteiger charge is -2.24. The van der Waals surface area contributed by atoms with E-state index in [4.69, 9.17) is 0 Å². The van der Waals surface area contributed by atoms with Crippen LogP contribution in [-0.2, 0) is 16.0 Å². The Balaban J connectivity index is 1.65. The minimum atomic E-state index is -0.333. The van der Waals surface area contributed by atoms with E-state index in [0.29, 0.717) is 6.54 Å². The monoisotopic (exact) mass is 322 g/mol. The Morgan fingerprint density at radius 2 is 1.71 bits per heavy atom. The van der Waals surface area contributed by atoms with E-state index in [-0.39, 0.29) is 30.2 Å². The van der Waals surface area contributed by atoms with Crippen LogP contribution in [0.3, 0.4) is 0 Å². The van der Waals surface area contributed by atoms with Crippen molar-refractivity contribution in [2.45, 2.75) is 18.9 Å². The summed E-state index contributed by atoms with van der Waals surface area (Å²) in [7, 11) is 1.78. The van der Waals surface area contributed by atoms with E-state index in [9.17, 15) is 9.59 Å². The van der Waals surface area contributed by atoms with Gasteiger partial charge in [-0.25, -0.2) is 0 Å². The van der Waals surface area contributed by atoms with Crippen molar-refractivity contribution in [1.29, 1.82) is 0 Å². The van der Waals surface area contributed by atoms with Crippen molar-refractivity contribution in [3.63, 3.8) is 0 Å². The van der Waals surface area contributed by atoms with E-state index < -0.39 is 0 Å². The van der Waals surface area contributed by atoms with Gasteiger partial charge in [-0.2, -0.15) is 0 Å². The summed E-state index contributed by atoms with van der Waals surface area (Å²) < 4.78 is 0. The number of nitrogens with one attached hydrogen (secondary N) is 1. The van der Waals surface area contributed by atoms with E-state index in [1.165, 1.54) is 5.56 Å². The molecule has 2 amide bonds. The zero-order valence-electron chi connectivity index (χ0n) is 13.8. The lowest BCUT2D eigenvalue weighted by Crippen LogP contribution is -2.35. The van der Waals surface area contributed by atoms with Crippen molar-refractivity contribution in [1.82, 2.24) is 10.2 Å². The molecule has 2 atom stereocenters. The summed E-state index contributed by atoms with van der Waals surface area (Å²) in [6.45, 7) is 0.582. The van der Waals surface area contributed by atoms with Crippen LogP contribution in [0.2, 0.25) is 0 Å². The number of rotatable bonds is 5. The van der Waals surface area contributed by atoms with Crippen LogP contribution in [0.15, 0.2) is 60.7 Å². The predicted octanol–water partition coefficient (Wildman–Crippen LogP) is 2.56. The molecule has 1 heterocycles. The first kappa shape index (κ1) is 16.2. The molecule has 0 bridgehead atoms. The average molecular weight is 322 g/mol. The third-order valence-corrected chi connectivity index (χ3v) is 4.62. The average Bonchev–Trinajstić information content (AvgIpc) is 2.92. The summed E-state index contributed by atoms with van der Waals surface area (Å²) in [6, 6.07) is 19.6. The molecule has 1 N–H and O–H groups in total. The second-order valence-corrected chi connectivity index (χ2v) is 6.20. The number of nitrogens with zero attached hydrogens (tertiary/aromatic N) is 1. The zero-order chi connectivity index (χ0) is 16.9. The van der Waals surface area contributed by atoms with Gasteiger partial charge in [0.15, 0.2) is 0 Å². The van der Waals surface area contributed by atoms with Crippen molar-refractivity contribution < 1.29 is 9.59 Å². The van der Waals surface area contributed by atoms with Crippen LogP contribution in [0.1, 0.15) is 23.6 Å². The van der Waals surface area contributed by atoms with Gasteiger partial charge in [0.2, 0.25) is 11.8 Å². The van der Waals surface area contributed by atoms with E-state index >= 15 is 0 Å². The highest BCUT2D eigenvalue weighted by atomic mass is 16.2. The van der Waals surface area contributed by atoms with Gasteiger partial charge < -0.3 is 10.2 Å². The third-order valence-electron chi connectivity index (χ3n) is 4.62. The standard InChI is InChI=1S/C20H22N2O2/c1-22-18(23)14-17(19(22)16-10-6-3-7-11-16)20(24)21-13-12-15-8-4-2-5-9-15/h2-11,17,19H,12-14H2,1H3,(H,21,24)/t17-,19+/m1/s1. The normalized spacial score (nSPS) is 20.2. The molecule has 1 aliphatic rings. The van der Waals surface area contributed by atoms with Gasteiger partial charge >= 0.3 is 0 Å². The fourth-order valence-electron chi connectivity index (χ4n) is 3.32. The Labute approximate surface area is 142 Å². The molecule has 3 rings (SSSR count). The Bertz CT molecular complexity index is 700. The molecular formula is C20H22N2O2. The van der Waals surface area contributed by atoms with Crippen LogP contribution in [0.4, 0.5) is 0 Å². The summed E-state index contributed by atoms with van der Waals surface area (Å²) >= 11 is 0. The minimum absolute atomic E-state index is 0.0204. The SMILES string of the molecule is CN1C(=O)C[C@@H](C(=O)NCCc2ccccc2)[C@@H]1c1ccccc1. The van der Waals surface area contributed by atoms with Gasteiger partial charge in [-0.1, -0.05) is 60.7 Å². The molecular weight excluding hydrogens is 300 g/mol. The Morgan fingerprint density at radius 1 is 1.08 bits per heavy atom. The van der Waals surface area contributed by atoms with Crippen LogP contribution >= 0.6 is 0 Å². The molecule has 24 heavy (non-hydrogen) atoms. The lowest BCUT2D eigenvalue weighted by molar-refractivity contribution is -0.128. The molecule has 2 aromatic carbocycles. The number of hydrogen-bond acceptors (Lipinski definition) is 2. The molecule has 0 saturated carbocycles. The van der Waals surface area contributed by atoms with Gasteiger partial charge in [-0.3, -0.25) is 9.59 Å². The summed E-state index contributed by atoms with van der Waals surface area (Å²) in [6.07, 6.45) is 1.06. The van der Waals surface area contributed by atoms with Gasteiger partial charge in [0, 0.05) is 20.0 Å². The van der Waals surface area contributed by atoms with E-state index in [1.807, 2.05) is 60.7 Å². The van der Waals surface area contributed by atoms with Crippen LogP contribution in [-0.4, -0.2) is 30.3 Å². The van der Waals surface area contributed by atoms with E-state index in [2.05, 4.69) is 5.32 Å². The van der Waals surface area contributed by atoms with Crippen molar-refractivity contribution in [3.8, 4) is 0 Å². The minimum Gasteiger partial charge on any atom is -0.355 e. The number of hydrogen-bond donors (Lipinski definition) is 1. The van der Waals surface area contributed by atoms with Crippen molar-refractivity contribution in [2.24, 2.45) is 5.92 Å². The number of amides is 2. The first-order valence-corrected chi connectivity index (χ1v) is 8.29. The Morgan fingerprint density at radius 3 is 2.38 bits per heavy atom. The number of likely N-dealkylation sites (tertiary alicyclic amines) is 1. The van der Waals surface area contributed by atoms with E-state index in [0.717, 1.165) is 12.0 Å². The molecule has 0 unspecified atom stereocenters. The third kappa shape index (κ3) is 3.48. The molecule has 4 nitrogen and oxygen atoms in total. The quantitative estimate of drug-likeness (QED) is 0.920. The molecule has 1 aliphatic heterocycles. The lowest BCUT2D eigenvalue weighted by atomic mass is 9.93. The molecule has 0 aromatic heterocycles. The van der Waals surface area contributed by atoms with Gasteiger partial charge in [-0.05, 0) is 17.5 Å². The molecule has 0 radical (unpaired) electrons. The van der Waals surface area contributed by atoms with Crippen molar-refractivity contribution in [2.75, 3.05) is 13.6 Å². The Hall–Kier alpha value is -2.62. The van der Waals surface area contributed by atoms with Crippen molar-refractivity contribution >= 4 is 11.8 Å². The molecule has 0 aliphatic carbocycles. The highest BCUT2D eigenvalue weighted by Crippen LogP contribution is 2.36. The number of carbonyl (C=O) groups excluding carboxylic acids is 2. The first-order chi connectivity index (χ1) is 11.7. The highest BCUT2D eigenvalue weighted by Gasteiger charge is 2.42. The van der Waals surface area contributed by atoms with Gasteiger partial charge in [0.25, 0.3) is 0 Å². The first-order valence-electron chi connectivity index (χ1n) is 8.29. The zero-order valence-corrected chi connectivity index (χ0v) is 13.8. The molecule has 4 heteroatoms. The molecule has 1 fully saturated rings. The highest BCUT2D eigenvalue weighted by molar-refractivity contribution is 5.90. The predicted molar refractivity (Wildman–Crippen MR) is 93.2 cm³/mol. The molecule has 2 aromatic rings. The summed E-state index contributed by atoms with van der Waals surface area (Å²) in [4.78, 5) is 26.4. The van der Waals surface area contributed by atoms with Crippen molar-refractivity contribution in [3.05, 3.63) is 71.8 Å². The maximum Gasteiger partial charge on any atom is 0.226 e. The smallest absolute Gasteiger partial charge is 0.226 e. The summed E-state index contributed by atoms with van der Waals surface area (Å²) in [5.74, 6) is -0.356. The number of carbonyl (C=O) groups is 2. The molecule has 124 valence electrons. The largest absolute Gasteiger partial charge is 0.355 e. The maximum atomic E-state index is 12.6. The summed E-state index contributed by atoms with van der Waals surface area (Å²) in [5, 5.41) is 3.00. The Kier molecular flexibility index (Phi) is 4.94. The fraction of sp³-hybridized carbons (Fsp3) is 0.300. The maximum absolute atomic E-state index is 12.6. The van der Waals surface area contributed by atoms with E-state index in [1.54, 1.807) is 11.9 Å².